The fourth-order valence-electron chi connectivity index (χ4n) is 2.40. The van der Waals surface area contributed by atoms with Crippen LogP contribution in [0.4, 0.5) is 0 Å². The first kappa shape index (κ1) is 15.8. The number of oxazole rings is 1. The first-order valence-corrected chi connectivity index (χ1v) is 8.38. The van der Waals surface area contributed by atoms with Crippen LogP contribution in [-0.2, 0) is 17.9 Å². The Kier molecular flexibility index (Phi) is 4.54. The van der Waals surface area contributed by atoms with E-state index >= 15 is 0 Å². The van der Waals surface area contributed by atoms with E-state index in [1.165, 1.54) is 15.9 Å². The molecule has 0 aliphatic rings. The van der Waals surface area contributed by atoms with Crippen LogP contribution < -0.4 is 5.76 Å². The van der Waals surface area contributed by atoms with Crippen LogP contribution in [0.2, 0.25) is 4.34 Å². The topological polar surface area (TPSA) is 55.5 Å². The number of hydrogen-bond donors (Lipinski definition) is 0. The molecule has 7 heteroatoms. The van der Waals surface area contributed by atoms with Crippen LogP contribution in [0.1, 0.15) is 11.8 Å². The van der Waals surface area contributed by atoms with Crippen LogP contribution in [-0.4, -0.2) is 21.9 Å². The van der Waals surface area contributed by atoms with Crippen molar-refractivity contribution in [1.82, 2.24) is 9.47 Å². The second-order valence-electron chi connectivity index (χ2n) is 5.04. The molecule has 0 radical (unpaired) electrons. The van der Waals surface area contributed by atoms with Crippen LogP contribution in [0.5, 0.6) is 0 Å². The third kappa shape index (κ3) is 3.33. The Morgan fingerprint density at radius 1 is 1.30 bits per heavy atom. The zero-order valence-corrected chi connectivity index (χ0v) is 14.1. The molecule has 3 aromatic rings. The van der Waals surface area contributed by atoms with Gasteiger partial charge in [0, 0.05) is 11.4 Å². The Morgan fingerprint density at radius 3 is 2.78 bits per heavy atom. The number of para-hydroxylation sites is 2. The third-order valence-corrected chi connectivity index (χ3v) is 4.79. The molecule has 0 fully saturated rings. The number of halogens is 1. The van der Waals surface area contributed by atoms with Gasteiger partial charge in [0.25, 0.3) is 0 Å². The van der Waals surface area contributed by atoms with E-state index in [-0.39, 0.29) is 12.5 Å². The summed E-state index contributed by atoms with van der Waals surface area (Å²) in [6.07, 6.45) is 0. The molecule has 0 unspecified atom stereocenters. The number of aromatic nitrogens is 1. The highest BCUT2D eigenvalue weighted by Gasteiger charge is 2.17. The monoisotopic (exact) mass is 350 g/mol. The minimum atomic E-state index is -0.519. The van der Waals surface area contributed by atoms with E-state index in [1.807, 2.05) is 25.1 Å². The predicted octanol–water partition coefficient (Wildman–Crippen LogP) is 3.36. The second kappa shape index (κ2) is 6.60. The molecule has 0 saturated heterocycles. The van der Waals surface area contributed by atoms with Crippen LogP contribution in [0.3, 0.4) is 0 Å². The van der Waals surface area contributed by atoms with E-state index < -0.39 is 5.76 Å². The summed E-state index contributed by atoms with van der Waals surface area (Å²) in [5.41, 5.74) is 1.11. The van der Waals surface area contributed by atoms with Crippen molar-refractivity contribution in [3.8, 4) is 0 Å². The van der Waals surface area contributed by atoms with Crippen molar-refractivity contribution in [3.05, 3.63) is 56.2 Å². The van der Waals surface area contributed by atoms with Crippen molar-refractivity contribution < 1.29 is 9.21 Å². The highest BCUT2D eigenvalue weighted by Crippen LogP contribution is 2.23. The van der Waals surface area contributed by atoms with Gasteiger partial charge in [-0.1, -0.05) is 23.7 Å². The molecule has 0 bridgehead atoms. The number of rotatable bonds is 5. The largest absolute Gasteiger partial charge is 0.420 e. The van der Waals surface area contributed by atoms with Crippen molar-refractivity contribution >= 4 is 39.9 Å². The summed E-state index contributed by atoms with van der Waals surface area (Å²) >= 11 is 7.37. The molecule has 0 aliphatic carbocycles. The fourth-order valence-corrected chi connectivity index (χ4v) is 3.50. The number of benzene rings is 1. The lowest BCUT2D eigenvalue weighted by atomic mass is 10.3. The van der Waals surface area contributed by atoms with Crippen molar-refractivity contribution in [2.24, 2.45) is 0 Å². The molecule has 1 amide bonds. The summed E-state index contributed by atoms with van der Waals surface area (Å²) in [5.74, 6) is -0.652. The summed E-state index contributed by atoms with van der Waals surface area (Å²) in [7, 11) is 0. The van der Waals surface area contributed by atoms with E-state index in [2.05, 4.69) is 0 Å². The highest BCUT2D eigenvalue weighted by atomic mass is 35.5. The van der Waals surface area contributed by atoms with E-state index in [9.17, 15) is 9.59 Å². The molecular weight excluding hydrogens is 336 g/mol. The fraction of sp³-hybridized carbons (Fsp3) is 0.250. The number of nitrogens with zero attached hydrogens (tertiary/aromatic N) is 2. The van der Waals surface area contributed by atoms with Gasteiger partial charge < -0.3 is 9.32 Å². The van der Waals surface area contributed by atoms with Gasteiger partial charge in [-0.25, -0.2) is 4.79 Å². The maximum atomic E-state index is 12.5. The molecule has 0 saturated carbocycles. The number of carbonyl (C=O) groups excluding carboxylic acids is 1. The lowest BCUT2D eigenvalue weighted by Gasteiger charge is -2.20. The van der Waals surface area contributed by atoms with Gasteiger partial charge in [-0.2, -0.15) is 0 Å². The molecule has 23 heavy (non-hydrogen) atoms. The molecule has 1 aromatic carbocycles. The molecule has 2 aromatic heterocycles. The molecule has 0 atom stereocenters. The first-order chi connectivity index (χ1) is 11.1. The summed E-state index contributed by atoms with van der Waals surface area (Å²) in [5, 5.41) is 0. The van der Waals surface area contributed by atoms with Gasteiger partial charge in [0.2, 0.25) is 5.91 Å². The van der Waals surface area contributed by atoms with Gasteiger partial charge >= 0.3 is 5.76 Å². The average molecular weight is 351 g/mol. The lowest BCUT2D eigenvalue weighted by Crippen LogP contribution is -2.35. The normalized spacial score (nSPS) is 11.0. The Bertz CT molecular complexity index is 896. The van der Waals surface area contributed by atoms with Crippen molar-refractivity contribution in [2.75, 3.05) is 6.54 Å². The van der Waals surface area contributed by atoms with Crippen LogP contribution >= 0.6 is 22.9 Å². The highest BCUT2D eigenvalue weighted by molar-refractivity contribution is 7.16. The number of hydrogen-bond acceptors (Lipinski definition) is 4. The average Bonchev–Trinajstić information content (AvgIpc) is 3.08. The maximum absolute atomic E-state index is 12.5. The molecule has 0 spiro atoms. The number of fused-ring (bicyclic) bond motifs is 1. The number of amides is 1. The van der Waals surface area contributed by atoms with Crippen LogP contribution in [0, 0.1) is 0 Å². The Hall–Kier alpha value is -2.05. The molecule has 0 N–H and O–H groups in total. The Balaban J connectivity index is 1.81. The SMILES string of the molecule is CCN(Cc1ccc(Cl)s1)C(=O)Cn1c(=O)oc2ccccc21. The summed E-state index contributed by atoms with van der Waals surface area (Å²) < 4.78 is 7.21. The van der Waals surface area contributed by atoms with Crippen molar-refractivity contribution in [3.63, 3.8) is 0 Å². The molecule has 3 rings (SSSR count). The molecule has 120 valence electrons. The van der Waals surface area contributed by atoms with Crippen molar-refractivity contribution in [1.29, 1.82) is 0 Å². The Morgan fingerprint density at radius 2 is 2.09 bits per heavy atom. The molecule has 0 aliphatic heterocycles. The van der Waals surface area contributed by atoms with Gasteiger partial charge in [0.15, 0.2) is 5.58 Å². The number of carbonyl (C=O) groups is 1. The quantitative estimate of drug-likeness (QED) is 0.709. The Labute approximate surface area is 141 Å². The number of likely N-dealkylation sites (N-methyl/N-ethyl adjacent to an activating group) is 1. The summed E-state index contributed by atoms with van der Waals surface area (Å²) in [6.45, 7) is 2.91. The zero-order chi connectivity index (χ0) is 16.4. The predicted molar refractivity (Wildman–Crippen MR) is 90.9 cm³/mol. The van der Waals surface area contributed by atoms with E-state index in [4.69, 9.17) is 16.0 Å². The van der Waals surface area contributed by atoms with Gasteiger partial charge in [0.1, 0.15) is 6.54 Å². The summed E-state index contributed by atoms with van der Waals surface area (Å²) in [4.78, 5) is 27.2. The lowest BCUT2D eigenvalue weighted by molar-refractivity contribution is -0.132. The van der Waals surface area contributed by atoms with Crippen molar-refractivity contribution in [2.45, 2.75) is 20.0 Å². The maximum Gasteiger partial charge on any atom is 0.420 e. The van der Waals surface area contributed by atoms with Gasteiger partial charge in [-0.05, 0) is 31.2 Å². The van der Waals surface area contributed by atoms with Crippen LogP contribution in [0.15, 0.2) is 45.6 Å². The second-order valence-corrected chi connectivity index (χ2v) is 6.84. The smallest absolute Gasteiger partial charge is 0.408 e. The van der Waals surface area contributed by atoms with E-state index in [0.717, 1.165) is 4.88 Å². The van der Waals surface area contributed by atoms with Gasteiger partial charge in [-0.3, -0.25) is 9.36 Å². The van der Waals surface area contributed by atoms with Crippen LogP contribution in [0.25, 0.3) is 11.1 Å². The first-order valence-electron chi connectivity index (χ1n) is 7.19. The summed E-state index contributed by atoms with van der Waals surface area (Å²) in [6, 6.07) is 10.8. The van der Waals surface area contributed by atoms with E-state index in [0.29, 0.717) is 28.5 Å². The molecule has 5 nitrogen and oxygen atoms in total. The standard InChI is InChI=1S/C16H15ClN2O3S/c1-2-18(9-11-7-8-14(17)23-11)15(20)10-19-12-5-3-4-6-13(12)22-16(19)21/h3-8H,2,9-10H2,1H3. The molecular formula is C16H15ClN2O3S. The molecule has 2 heterocycles. The number of thiophene rings is 1. The zero-order valence-electron chi connectivity index (χ0n) is 12.5. The minimum absolute atomic E-state index is 0.0389. The van der Waals surface area contributed by atoms with E-state index in [1.54, 1.807) is 23.1 Å². The van der Waals surface area contributed by atoms with Gasteiger partial charge in [-0.15, -0.1) is 11.3 Å². The minimum Gasteiger partial charge on any atom is -0.408 e. The van der Waals surface area contributed by atoms with Gasteiger partial charge in [0.05, 0.1) is 16.4 Å². The third-order valence-electron chi connectivity index (χ3n) is 3.58.